The monoisotopic (exact) mass is 315 g/mol. The van der Waals surface area contributed by atoms with Crippen LogP contribution in [0.15, 0.2) is 18.6 Å². The summed E-state index contributed by atoms with van der Waals surface area (Å²) in [5.74, 6) is 0.256. The van der Waals surface area contributed by atoms with Gasteiger partial charge in [-0.25, -0.2) is 14.4 Å². The maximum atomic E-state index is 14.4. The van der Waals surface area contributed by atoms with Gasteiger partial charge in [-0.2, -0.15) is 5.10 Å². The van der Waals surface area contributed by atoms with Gasteiger partial charge in [0.15, 0.2) is 5.82 Å². The van der Waals surface area contributed by atoms with Gasteiger partial charge in [0.25, 0.3) is 0 Å². The lowest BCUT2D eigenvalue weighted by Crippen LogP contribution is -2.46. The van der Waals surface area contributed by atoms with Crippen molar-refractivity contribution in [3.05, 3.63) is 24.4 Å². The zero-order chi connectivity index (χ0) is 16.2. The minimum Gasteiger partial charge on any atom is -0.388 e. The molecule has 0 radical (unpaired) electrons. The number of hydrogen-bond acceptors (Lipinski definition) is 5. The third kappa shape index (κ3) is 2.31. The molecule has 1 fully saturated rings. The molecule has 4 rings (SSSR count). The van der Waals surface area contributed by atoms with Crippen LogP contribution in [0.2, 0.25) is 0 Å². The number of anilines is 1. The first-order chi connectivity index (χ1) is 10.9. The van der Waals surface area contributed by atoms with Gasteiger partial charge in [-0.3, -0.25) is 4.68 Å². The van der Waals surface area contributed by atoms with Gasteiger partial charge >= 0.3 is 0 Å². The Morgan fingerprint density at radius 1 is 1.35 bits per heavy atom. The highest BCUT2D eigenvalue weighted by Gasteiger charge is 2.30. The summed E-state index contributed by atoms with van der Waals surface area (Å²) in [5, 5.41) is 16.2. The summed E-state index contributed by atoms with van der Waals surface area (Å²) >= 11 is 0. The molecule has 6 nitrogen and oxygen atoms in total. The zero-order valence-corrected chi connectivity index (χ0v) is 13.1. The minimum absolute atomic E-state index is 0.292. The molecule has 1 saturated heterocycles. The lowest BCUT2D eigenvalue weighted by atomic mass is 9.95. The van der Waals surface area contributed by atoms with E-state index in [9.17, 15) is 9.50 Å². The Balaban J connectivity index is 1.99. The molecule has 0 aliphatic carbocycles. The molecule has 7 heteroatoms. The second-order valence-corrected chi connectivity index (χ2v) is 6.54. The van der Waals surface area contributed by atoms with Crippen LogP contribution in [0.1, 0.15) is 19.8 Å². The Hall–Kier alpha value is -2.28. The molecule has 3 heterocycles. The highest BCUT2D eigenvalue weighted by atomic mass is 19.1. The van der Waals surface area contributed by atoms with Gasteiger partial charge in [0.05, 0.1) is 16.5 Å². The maximum Gasteiger partial charge on any atom is 0.151 e. The number of aliphatic hydroxyl groups is 1. The van der Waals surface area contributed by atoms with Crippen LogP contribution in [0.5, 0.6) is 0 Å². The van der Waals surface area contributed by atoms with E-state index in [1.54, 1.807) is 11.7 Å². The Morgan fingerprint density at radius 2 is 2.17 bits per heavy atom. The molecule has 3 aromatic rings. The number of β-amino-alcohol motifs (C(OH)–C–C–N with tert-alkyl or cyclic N) is 1. The largest absolute Gasteiger partial charge is 0.388 e. The predicted molar refractivity (Wildman–Crippen MR) is 85.8 cm³/mol. The van der Waals surface area contributed by atoms with Crippen LogP contribution in [-0.4, -0.2) is 43.5 Å². The number of fused-ring (bicyclic) bond motifs is 3. The highest BCUT2D eigenvalue weighted by molar-refractivity contribution is 6.10. The Kier molecular flexibility index (Phi) is 3.02. The first kappa shape index (κ1) is 14.3. The Bertz CT molecular complexity index is 904. The van der Waals surface area contributed by atoms with E-state index in [1.807, 2.05) is 18.0 Å². The summed E-state index contributed by atoms with van der Waals surface area (Å²) in [4.78, 5) is 10.5. The number of hydrogen-bond donors (Lipinski definition) is 1. The number of rotatable bonds is 1. The molecule has 1 aliphatic rings. The molecule has 1 atom stereocenters. The fraction of sp³-hybridized carbons (Fsp3) is 0.438. The van der Waals surface area contributed by atoms with Gasteiger partial charge in [0.1, 0.15) is 17.7 Å². The van der Waals surface area contributed by atoms with Gasteiger partial charge < -0.3 is 10.0 Å². The van der Waals surface area contributed by atoms with E-state index in [1.165, 1.54) is 12.4 Å². The summed E-state index contributed by atoms with van der Waals surface area (Å²) in [6, 6.07) is 1.40. The number of aryl methyl sites for hydroxylation is 1. The molecular weight excluding hydrogens is 297 g/mol. The summed E-state index contributed by atoms with van der Waals surface area (Å²) in [5.41, 5.74) is 0.106. The predicted octanol–water partition coefficient (Wildman–Crippen LogP) is 2.01. The average molecular weight is 315 g/mol. The van der Waals surface area contributed by atoms with Gasteiger partial charge in [0.2, 0.25) is 0 Å². The van der Waals surface area contributed by atoms with E-state index in [0.717, 1.165) is 24.8 Å². The van der Waals surface area contributed by atoms with E-state index in [0.29, 0.717) is 28.8 Å². The lowest BCUT2D eigenvalue weighted by Gasteiger charge is -2.37. The van der Waals surface area contributed by atoms with E-state index in [2.05, 4.69) is 15.1 Å². The fourth-order valence-corrected chi connectivity index (χ4v) is 3.44. The van der Waals surface area contributed by atoms with Crippen molar-refractivity contribution >= 4 is 27.6 Å². The minimum atomic E-state index is -0.767. The van der Waals surface area contributed by atoms with Gasteiger partial charge in [-0.15, -0.1) is 0 Å². The van der Waals surface area contributed by atoms with Crippen LogP contribution < -0.4 is 4.90 Å². The smallest absolute Gasteiger partial charge is 0.151 e. The normalized spacial score (nSPS) is 22.2. The number of nitrogens with zero attached hydrogens (tertiary/aromatic N) is 5. The summed E-state index contributed by atoms with van der Waals surface area (Å²) in [6.45, 7) is 3.07. The summed E-state index contributed by atoms with van der Waals surface area (Å²) < 4.78 is 16.1. The molecule has 0 spiro atoms. The molecule has 1 aliphatic heterocycles. The third-order valence-corrected chi connectivity index (χ3v) is 4.42. The van der Waals surface area contributed by atoms with Crippen molar-refractivity contribution in [1.82, 2.24) is 19.7 Å². The molecule has 120 valence electrons. The van der Waals surface area contributed by atoms with E-state index in [4.69, 9.17) is 0 Å². The number of benzene rings is 1. The van der Waals surface area contributed by atoms with Crippen LogP contribution in [0.3, 0.4) is 0 Å². The van der Waals surface area contributed by atoms with Crippen molar-refractivity contribution in [2.24, 2.45) is 7.05 Å². The molecule has 0 saturated carbocycles. The molecule has 2 aromatic heterocycles. The molecular formula is C16H18FN5O. The van der Waals surface area contributed by atoms with Crippen LogP contribution in [0, 0.1) is 5.82 Å². The molecule has 1 unspecified atom stereocenters. The first-order valence-electron chi connectivity index (χ1n) is 7.68. The van der Waals surface area contributed by atoms with Crippen molar-refractivity contribution in [2.45, 2.75) is 25.4 Å². The molecule has 0 bridgehead atoms. The van der Waals surface area contributed by atoms with E-state index < -0.39 is 11.4 Å². The van der Waals surface area contributed by atoms with Gasteiger partial charge in [-0.05, 0) is 19.8 Å². The number of piperidine rings is 1. The zero-order valence-electron chi connectivity index (χ0n) is 13.1. The van der Waals surface area contributed by atoms with Gasteiger partial charge in [-0.1, -0.05) is 0 Å². The molecule has 0 amide bonds. The Labute approximate surface area is 132 Å². The molecule has 1 N–H and O–H groups in total. The molecule has 23 heavy (non-hydrogen) atoms. The van der Waals surface area contributed by atoms with Crippen molar-refractivity contribution in [1.29, 1.82) is 0 Å². The quantitative estimate of drug-likeness (QED) is 0.744. The standard InChI is InChI=1S/C16H18FN5O/c1-16(23)4-3-5-22(8-16)15-13-10-7-21(2)20-12(10)6-11(17)14(13)18-9-19-15/h6-7,9,23H,3-5,8H2,1-2H3. The second kappa shape index (κ2) is 4.86. The fourth-order valence-electron chi connectivity index (χ4n) is 3.44. The topological polar surface area (TPSA) is 67.1 Å². The van der Waals surface area contributed by atoms with Crippen molar-refractivity contribution in [3.8, 4) is 0 Å². The lowest BCUT2D eigenvalue weighted by molar-refractivity contribution is 0.0448. The first-order valence-corrected chi connectivity index (χ1v) is 7.68. The van der Waals surface area contributed by atoms with E-state index in [-0.39, 0.29) is 0 Å². The third-order valence-electron chi connectivity index (χ3n) is 4.42. The van der Waals surface area contributed by atoms with Crippen molar-refractivity contribution in [2.75, 3.05) is 18.0 Å². The summed E-state index contributed by atoms with van der Waals surface area (Å²) in [7, 11) is 1.80. The second-order valence-electron chi connectivity index (χ2n) is 6.54. The SMILES string of the molecule is Cn1cc2c(cc(F)c3ncnc(N4CCCC(C)(O)C4)c32)n1. The Morgan fingerprint density at radius 3 is 2.96 bits per heavy atom. The molecule has 1 aromatic carbocycles. The van der Waals surface area contributed by atoms with Crippen molar-refractivity contribution in [3.63, 3.8) is 0 Å². The average Bonchev–Trinajstić information content (AvgIpc) is 2.86. The highest BCUT2D eigenvalue weighted by Crippen LogP contribution is 2.34. The number of halogens is 1. The van der Waals surface area contributed by atoms with E-state index >= 15 is 0 Å². The van der Waals surface area contributed by atoms with Crippen LogP contribution in [-0.2, 0) is 7.05 Å². The number of aromatic nitrogens is 4. The van der Waals surface area contributed by atoms with Crippen molar-refractivity contribution < 1.29 is 9.50 Å². The maximum absolute atomic E-state index is 14.4. The van der Waals surface area contributed by atoms with Crippen LogP contribution in [0.25, 0.3) is 21.8 Å². The van der Waals surface area contributed by atoms with Crippen LogP contribution >= 0.6 is 0 Å². The van der Waals surface area contributed by atoms with Gasteiger partial charge in [0, 0.05) is 37.8 Å². The summed E-state index contributed by atoms with van der Waals surface area (Å²) in [6.07, 6.45) is 4.85. The van der Waals surface area contributed by atoms with Crippen LogP contribution in [0.4, 0.5) is 10.2 Å².